The van der Waals surface area contributed by atoms with Crippen LogP contribution in [-0.2, 0) is 6.42 Å². The summed E-state index contributed by atoms with van der Waals surface area (Å²) < 4.78 is 0. The highest BCUT2D eigenvalue weighted by Gasteiger charge is 2.28. The van der Waals surface area contributed by atoms with Crippen LogP contribution < -0.4 is 0 Å². The fraction of sp³-hybridized carbons (Fsp3) is 0.286. The summed E-state index contributed by atoms with van der Waals surface area (Å²) in [6.07, 6.45) is 3.32. The van der Waals surface area contributed by atoms with E-state index in [1.165, 1.54) is 4.88 Å². The summed E-state index contributed by atoms with van der Waals surface area (Å²) in [4.78, 5) is 17.8. The van der Waals surface area contributed by atoms with Crippen LogP contribution in [0, 0.1) is 6.92 Å². The second-order valence-corrected chi connectivity index (χ2v) is 5.47. The quantitative estimate of drug-likeness (QED) is 0.768. The normalized spacial score (nSPS) is 19.1. The number of fused-ring (bicyclic) bond motifs is 1. The largest absolute Gasteiger partial charge is 0.294 e. The maximum atomic E-state index is 12.2. The van der Waals surface area contributed by atoms with Gasteiger partial charge in [0, 0.05) is 29.0 Å². The van der Waals surface area contributed by atoms with Gasteiger partial charge in [-0.05, 0) is 36.4 Å². The Morgan fingerprint density at radius 1 is 1.35 bits per heavy atom. The van der Waals surface area contributed by atoms with E-state index in [1.807, 2.05) is 19.1 Å². The van der Waals surface area contributed by atoms with E-state index in [2.05, 4.69) is 16.4 Å². The predicted molar refractivity (Wildman–Crippen MR) is 68.7 cm³/mol. The van der Waals surface area contributed by atoms with Crippen LogP contribution in [0.3, 0.4) is 0 Å². The summed E-state index contributed by atoms with van der Waals surface area (Å²) in [6, 6.07) is 6.08. The Morgan fingerprint density at radius 2 is 2.24 bits per heavy atom. The van der Waals surface area contributed by atoms with E-state index in [-0.39, 0.29) is 5.78 Å². The van der Waals surface area contributed by atoms with Gasteiger partial charge in [0.15, 0.2) is 5.78 Å². The smallest absolute Gasteiger partial charge is 0.165 e. The Kier molecular flexibility index (Phi) is 2.56. The molecule has 2 aromatic rings. The average molecular weight is 243 g/mol. The van der Waals surface area contributed by atoms with Crippen molar-refractivity contribution in [1.82, 2.24) is 4.98 Å². The van der Waals surface area contributed by atoms with Crippen molar-refractivity contribution in [3.8, 4) is 0 Å². The molecule has 2 heterocycles. The van der Waals surface area contributed by atoms with Crippen molar-refractivity contribution < 1.29 is 4.79 Å². The fourth-order valence-corrected chi connectivity index (χ4v) is 3.34. The minimum Gasteiger partial charge on any atom is -0.294 e. The van der Waals surface area contributed by atoms with Crippen LogP contribution in [0.25, 0.3) is 0 Å². The number of Topliss-reactive ketones (excluding diaryl/α,β-unsaturated/α-hetero) is 1. The third-order valence-electron chi connectivity index (χ3n) is 3.33. The van der Waals surface area contributed by atoms with E-state index in [4.69, 9.17) is 0 Å². The maximum absolute atomic E-state index is 12.2. The monoisotopic (exact) mass is 243 g/mol. The Balaban J connectivity index is 2.02. The van der Waals surface area contributed by atoms with E-state index in [9.17, 15) is 4.79 Å². The van der Waals surface area contributed by atoms with Crippen LogP contribution >= 0.6 is 11.3 Å². The number of hydrogen-bond acceptors (Lipinski definition) is 3. The molecule has 3 rings (SSSR count). The number of carbonyl (C=O) groups is 1. The van der Waals surface area contributed by atoms with Crippen LogP contribution in [-0.4, -0.2) is 10.8 Å². The molecule has 0 spiro atoms. The molecule has 0 saturated carbocycles. The number of ketones is 1. The second kappa shape index (κ2) is 4.08. The lowest BCUT2D eigenvalue weighted by molar-refractivity contribution is 0.0963. The number of carbonyl (C=O) groups excluding carboxylic acids is 1. The van der Waals surface area contributed by atoms with Crippen molar-refractivity contribution in [2.75, 3.05) is 0 Å². The summed E-state index contributed by atoms with van der Waals surface area (Å²) >= 11 is 1.73. The molecule has 0 amide bonds. The van der Waals surface area contributed by atoms with Gasteiger partial charge < -0.3 is 0 Å². The highest BCUT2D eigenvalue weighted by atomic mass is 32.1. The van der Waals surface area contributed by atoms with Gasteiger partial charge in [-0.25, -0.2) is 0 Å². The zero-order valence-electron chi connectivity index (χ0n) is 9.64. The summed E-state index contributed by atoms with van der Waals surface area (Å²) in [5, 5.41) is 2.07. The minimum absolute atomic E-state index is 0.246. The number of thiophene rings is 1. The number of aromatic nitrogens is 1. The Labute approximate surface area is 104 Å². The van der Waals surface area contributed by atoms with Crippen molar-refractivity contribution >= 4 is 17.1 Å². The van der Waals surface area contributed by atoms with Crippen LogP contribution in [0.15, 0.2) is 29.8 Å². The van der Waals surface area contributed by atoms with Crippen LogP contribution in [0.4, 0.5) is 0 Å². The van der Waals surface area contributed by atoms with Gasteiger partial charge in [-0.15, -0.1) is 11.3 Å². The number of hydrogen-bond donors (Lipinski definition) is 0. The third-order valence-corrected chi connectivity index (χ3v) is 4.37. The van der Waals surface area contributed by atoms with Gasteiger partial charge in [0.1, 0.15) is 0 Å². The molecule has 1 aliphatic rings. The lowest BCUT2D eigenvalue weighted by atomic mass is 9.83. The molecular weight excluding hydrogens is 230 g/mol. The second-order valence-electron chi connectivity index (χ2n) is 4.49. The molecule has 3 heteroatoms. The molecule has 0 fully saturated rings. The average Bonchev–Trinajstić information content (AvgIpc) is 2.81. The molecular formula is C14H13NOS. The van der Waals surface area contributed by atoms with E-state index in [1.54, 1.807) is 17.5 Å². The lowest BCUT2D eigenvalue weighted by Gasteiger charge is -2.22. The molecule has 1 aliphatic carbocycles. The first kappa shape index (κ1) is 10.7. The summed E-state index contributed by atoms with van der Waals surface area (Å²) in [6.45, 7) is 1.99. The highest BCUT2D eigenvalue weighted by molar-refractivity contribution is 7.10. The predicted octanol–water partition coefficient (Wildman–Crippen LogP) is 3.36. The van der Waals surface area contributed by atoms with Crippen LogP contribution in [0.2, 0.25) is 0 Å². The minimum atomic E-state index is 0.246. The first-order chi connectivity index (χ1) is 8.25. The molecule has 0 radical (unpaired) electrons. The fourth-order valence-electron chi connectivity index (χ4n) is 2.51. The third kappa shape index (κ3) is 1.80. The molecule has 17 heavy (non-hydrogen) atoms. The molecule has 1 atom stereocenters. The first-order valence-corrected chi connectivity index (χ1v) is 6.65. The Hall–Kier alpha value is -1.48. The van der Waals surface area contributed by atoms with E-state index >= 15 is 0 Å². The number of pyridine rings is 1. The van der Waals surface area contributed by atoms with Gasteiger partial charge in [-0.3, -0.25) is 9.78 Å². The topological polar surface area (TPSA) is 30.0 Å². The summed E-state index contributed by atoms with van der Waals surface area (Å²) in [7, 11) is 0. The lowest BCUT2D eigenvalue weighted by Crippen LogP contribution is -2.20. The van der Waals surface area contributed by atoms with Crippen molar-refractivity contribution in [2.45, 2.75) is 25.7 Å². The SMILES string of the molecule is Cc1ccnc2c1C(=O)C[C@@H](c1cccs1)C2. The first-order valence-electron chi connectivity index (χ1n) is 5.77. The Morgan fingerprint density at radius 3 is 3.00 bits per heavy atom. The van der Waals surface area contributed by atoms with Gasteiger partial charge >= 0.3 is 0 Å². The zero-order valence-corrected chi connectivity index (χ0v) is 10.5. The van der Waals surface area contributed by atoms with Crippen LogP contribution in [0.1, 0.15) is 38.8 Å². The van der Waals surface area contributed by atoms with Gasteiger partial charge in [-0.2, -0.15) is 0 Å². The van der Waals surface area contributed by atoms with Crippen molar-refractivity contribution in [3.05, 3.63) is 51.5 Å². The number of rotatable bonds is 1. The van der Waals surface area contributed by atoms with Gasteiger partial charge in [0.25, 0.3) is 0 Å². The number of nitrogens with zero attached hydrogens (tertiary/aromatic N) is 1. The van der Waals surface area contributed by atoms with Crippen LogP contribution in [0.5, 0.6) is 0 Å². The zero-order chi connectivity index (χ0) is 11.8. The molecule has 2 aromatic heterocycles. The van der Waals surface area contributed by atoms with Gasteiger partial charge in [0.2, 0.25) is 0 Å². The molecule has 0 aromatic carbocycles. The molecule has 86 valence electrons. The molecule has 0 bridgehead atoms. The van der Waals surface area contributed by atoms with E-state index in [0.29, 0.717) is 12.3 Å². The Bertz CT molecular complexity index is 560. The van der Waals surface area contributed by atoms with Crippen molar-refractivity contribution in [2.24, 2.45) is 0 Å². The van der Waals surface area contributed by atoms with E-state index < -0.39 is 0 Å². The van der Waals surface area contributed by atoms with Crippen molar-refractivity contribution in [3.63, 3.8) is 0 Å². The van der Waals surface area contributed by atoms with Gasteiger partial charge in [0.05, 0.1) is 5.69 Å². The van der Waals surface area contributed by atoms with E-state index in [0.717, 1.165) is 23.2 Å². The number of aryl methyl sites for hydroxylation is 1. The molecule has 0 saturated heterocycles. The molecule has 2 nitrogen and oxygen atoms in total. The standard InChI is InChI=1S/C14H13NOS/c1-9-4-5-15-11-7-10(8-12(16)14(9)11)13-3-2-6-17-13/h2-6,10H,7-8H2,1H3/t10-/m0/s1. The molecule has 0 aliphatic heterocycles. The molecule has 0 unspecified atom stereocenters. The summed E-state index contributed by atoms with van der Waals surface area (Å²) in [5.41, 5.74) is 2.89. The van der Waals surface area contributed by atoms with Crippen molar-refractivity contribution in [1.29, 1.82) is 0 Å². The molecule has 0 N–H and O–H groups in total. The highest BCUT2D eigenvalue weighted by Crippen LogP contribution is 2.34. The summed E-state index contributed by atoms with van der Waals surface area (Å²) in [5.74, 6) is 0.569. The van der Waals surface area contributed by atoms with Gasteiger partial charge in [-0.1, -0.05) is 6.07 Å². The maximum Gasteiger partial charge on any atom is 0.165 e.